The van der Waals surface area contributed by atoms with Crippen LogP contribution in [0, 0.1) is 5.92 Å². The van der Waals surface area contributed by atoms with Crippen LogP contribution in [0.4, 0.5) is 18.9 Å². The molecule has 8 heteroatoms. The minimum atomic E-state index is -4.54. The number of amides is 1. The molecule has 0 radical (unpaired) electrons. The number of hydrogen-bond donors (Lipinski definition) is 0. The minimum absolute atomic E-state index is 0.0755. The molecule has 0 unspecified atom stereocenters. The Morgan fingerprint density at radius 2 is 1.77 bits per heavy atom. The van der Waals surface area contributed by atoms with Gasteiger partial charge in [-0.2, -0.15) is 13.2 Å². The molecule has 2 aromatic carbocycles. The van der Waals surface area contributed by atoms with Gasteiger partial charge in [-0.25, -0.2) is 0 Å². The summed E-state index contributed by atoms with van der Waals surface area (Å²) in [6, 6.07) is 9.03. The Kier molecular flexibility index (Phi) is 4.67. The molecular formula is C23H20F3NO4. The second kappa shape index (κ2) is 7.17. The highest BCUT2D eigenvalue weighted by Gasteiger charge is 2.55. The molecule has 1 aliphatic carbocycles. The molecular weight excluding hydrogens is 411 g/mol. The summed E-state index contributed by atoms with van der Waals surface area (Å²) >= 11 is 0. The van der Waals surface area contributed by atoms with Crippen LogP contribution < -0.4 is 4.90 Å². The highest BCUT2D eigenvalue weighted by atomic mass is 19.4. The zero-order chi connectivity index (χ0) is 21.8. The molecule has 2 aliphatic heterocycles. The van der Waals surface area contributed by atoms with Gasteiger partial charge in [-0.3, -0.25) is 9.59 Å². The fourth-order valence-electron chi connectivity index (χ4n) is 4.13. The van der Waals surface area contributed by atoms with E-state index in [9.17, 15) is 22.8 Å². The van der Waals surface area contributed by atoms with Crippen molar-refractivity contribution >= 4 is 17.4 Å². The molecule has 0 bridgehead atoms. The van der Waals surface area contributed by atoms with Gasteiger partial charge in [0.25, 0.3) is 11.7 Å². The maximum Gasteiger partial charge on any atom is 0.416 e. The van der Waals surface area contributed by atoms with Crippen LogP contribution in [0.5, 0.6) is 0 Å². The van der Waals surface area contributed by atoms with E-state index >= 15 is 0 Å². The third-order valence-electron chi connectivity index (χ3n) is 5.92. The third-order valence-corrected chi connectivity index (χ3v) is 5.92. The van der Waals surface area contributed by atoms with Crippen molar-refractivity contribution < 1.29 is 32.2 Å². The number of fused-ring (bicyclic) bond motifs is 2. The number of benzene rings is 2. The van der Waals surface area contributed by atoms with E-state index in [1.165, 1.54) is 24.3 Å². The summed E-state index contributed by atoms with van der Waals surface area (Å²) in [7, 11) is 0. The third kappa shape index (κ3) is 3.43. The molecule has 2 fully saturated rings. The van der Waals surface area contributed by atoms with Crippen LogP contribution >= 0.6 is 0 Å². The molecule has 2 aromatic rings. The maximum atomic E-state index is 13.3. The summed E-state index contributed by atoms with van der Waals surface area (Å²) in [5.41, 5.74) is 0.278. The van der Waals surface area contributed by atoms with E-state index in [1.54, 1.807) is 11.0 Å². The number of rotatable bonds is 4. The molecule has 31 heavy (non-hydrogen) atoms. The molecule has 0 N–H and O–H groups in total. The monoisotopic (exact) mass is 431 g/mol. The summed E-state index contributed by atoms with van der Waals surface area (Å²) in [6.07, 6.45) is -1.78. The standard InChI is InChI=1S/C23H20F3NO4/c24-23(25,26)17-4-1-3-15(11-17)20(28)16-7-8-19-18(12-16)22(30-9-2-10-31-22)21(29)27(19)13-14-5-6-14/h1,3-4,7-8,11-12,14H,2,5-6,9-10,13H2. The predicted molar refractivity (Wildman–Crippen MR) is 105 cm³/mol. The van der Waals surface area contributed by atoms with Crippen LogP contribution in [0.25, 0.3) is 0 Å². The van der Waals surface area contributed by atoms with Gasteiger partial charge in [-0.15, -0.1) is 0 Å². The zero-order valence-corrected chi connectivity index (χ0v) is 16.6. The number of nitrogens with zero attached hydrogens (tertiary/aromatic N) is 1. The highest BCUT2D eigenvalue weighted by molar-refractivity contribution is 6.11. The van der Waals surface area contributed by atoms with Crippen molar-refractivity contribution in [1.82, 2.24) is 0 Å². The van der Waals surface area contributed by atoms with Gasteiger partial charge in [-0.1, -0.05) is 12.1 Å². The first-order valence-electron chi connectivity index (χ1n) is 10.3. The van der Waals surface area contributed by atoms with Crippen LogP contribution in [-0.4, -0.2) is 31.4 Å². The van der Waals surface area contributed by atoms with Crippen LogP contribution in [0.3, 0.4) is 0 Å². The molecule has 2 heterocycles. The fourth-order valence-corrected chi connectivity index (χ4v) is 4.13. The van der Waals surface area contributed by atoms with Gasteiger partial charge >= 0.3 is 6.18 Å². The van der Waals surface area contributed by atoms with Crippen molar-refractivity contribution in [3.8, 4) is 0 Å². The summed E-state index contributed by atoms with van der Waals surface area (Å²) in [5.74, 6) is -2.03. The van der Waals surface area contributed by atoms with Gasteiger partial charge in [0.05, 0.1) is 24.5 Å². The second-order valence-corrected chi connectivity index (χ2v) is 8.17. The number of hydrogen-bond acceptors (Lipinski definition) is 4. The van der Waals surface area contributed by atoms with Crippen molar-refractivity contribution in [2.24, 2.45) is 5.92 Å². The molecule has 1 saturated carbocycles. The molecule has 0 aromatic heterocycles. The SMILES string of the molecule is O=C(c1cccc(C(F)(F)F)c1)c1ccc2c(c1)C1(OCCCO1)C(=O)N2CC1CC1. The van der Waals surface area contributed by atoms with Gasteiger partial charge in [0.2, 0.25) is 0 Å². The van der Waals surface area contributed by atoms with E-state index in [2.05, 4.69) is 0 Å². The molecule has 5 nitrogen and oxygen atoms in total. The van der Waals surface area contributed by atoms with E-state index < -0.39 is 23.3 Å². The topological polar surface area (TPSA) is 55.8 Å². The second-order valence-electron chi connectivity index (χ2n) is 8.17. The summed E-state index contributed by atoms with van der Waals surface area (Å²) in [4.78, 5) is 27.9. The van der Waals surface area contributed by atoms with Crippen LogP contribution in [0.15, 0.2) is 42.5 Å². The molecule has 162 valence electrons. The van der Waals surface area contributed by atoms with Crippen molar-refractivity contribution in [3.63, 3.8) is 0 Å². The lowest BCUT2D eigenvalue weighted by molar-refractivity contribution is -0.256. The number of carbonyl (C=O) groups excluding carboxylic acids is 2. The van der Waals surface area contributed by atoms with Crippen molar-refractivity contribution in [1.29, 1.82) is 0 Å². The lowest BCUT2D eigenvalue weighted by Gasteiger charge is -2.32. The fraction of sp³-hybridized carbons (Fsp3) is 0.391. The highest BCUT2D eigenvalue weighted by Crippen LogP contribution is 2.47. The van der Waals surface area contributed by atoms with E-state index in [0.717, 1.165) is 25.0 Å². The van der Waals surface area contributed by atoms with Crippen molar-refractivity contribution in [2.45, 2.75) is 31.2 Å². The molecule has 3 aliphatic rings. The van der Waals surface area contributed by atoms with E-state index in [4.69, 9.17) is 9.47 Å². The predicted octanol–water partition coefficient (Wildman–Crippen LogP) is 4.28. The lowest BCUT2D eigenvalue weighted by atomic mass is 9.97. The van der Waals surface area contributed by atoms with Gasteiger partial charge in [0.15, 0.2) is 5.78 Å². The Balaban J connectivity index is 1.54. The molecule has 0 atom stereocenters. The van der Waals surface area contributed by atoms with Crippen molar-refractivity contribution in [2.75, 3.05) is 24.7 Å². The van der Waals surface area contributed by atoms with Crippen LogP contribution in [0.1, 0.15) is 46.3 Å². The summed E-state index contributed by atoms with van der Waals surface area (Å²) in [6.45, 7) is 1.24. The quantitative estimate of drug-likeness (QED) is 0.678. The minimum Gasteiger partial charge on any atom is -0.338 e. The number of carbonyl (C=O) groups is 2. The Morgan fingerprint density at radius 3 is 2.45 bits per heavy atom. The van der Waals surface area contributed by atoms with Crippen LogP contribution in [-0.2, 0) is 26.2 Å². The number of ether oxygens (including phenoxy) is 2. The molecule has 1 spiro atoms. The Bertz CT molecular complexity index is 1060. The lowest BCUT2D eigenvalue weighted by Crippen LogP contribution is -2.47. The van der Waals surface area contributed by atoms with Crippen molar-refractivity contribution in [3.05, 3.63) is 64.7 Å². The van der Waals surface area contributed by atoms with Gasteiger partial charge in [0, 0.05) is 23.2 Å². The molecule has 1 amide bonds. The first kappa shape index (κ1) is 20.2. The summed E-state index contributed by atoms with van der Waals surface area (Å²) in [5, 5.41) is 0. The number of halogens is 3. The smallest absolute Gasteiger partial charge is 0.338 e. The number of alkyl halides is 3. The first-order valence-corrected chi connectivity index (χ1v) is 10.3. The van der Waals surface area contributed by atoms with E-state index in [1.807, 2.05) is 0 Å². The first-order chi connectivity index (χ1) is 14.8. The maximum absolute atomic E-state index is 13.3. The average molecular weight is 431 g/mol. The molecule has 1 saturated heterocycles. The number of ketones is 1. The Morgan fingerprint density at radius 1 is 1.06 bits per heavy atom. The zero-order valence-electron chi connectivity index (χ0n) is 16.6. The Hall–Kier alpha value is -2.71. The average Bonchev–Trinajstić information content (AvgIpc) is 3.57. The van der Waals surface area contributed by atoms with E-state index in [0.29, 0.717) is 43.3 Å². The summed E-state index contributed by atoms with van der Waals surface area (Å²) < 4.78 is 50.8. The Labute approximate surface area is 176 Å². The van der Waals surface area contributed by atoms with Gasteiger partial charge < -0.3 is 14.4 Å². The van der Waals surface area contributed by atoms with E-state index in [-0.39, 0.29) is 17.0 Å². The number of anilines is 1. The normalized spacial score (nSPS) is 20.2. The van der Waals surface area contributed by atoms with Gasteiger partial charge in [0.1, 0.15) is 0 Å². The largest absolute Gasteiger partial charge is 0.416 e. The molecule has 5 rings (SSSR count). The van der Waals surface area contributed by atoms with Gasteiger partial charge in [-0.05, 0) is 55.5 Å². The van der Waals surface area contributed by atoms with Crippen LogP contribution in [0.2, 0.25) is 0 Å².